The molecule has 0 unspecified atom stereocenters. The Balaban J connectivity index is 1.27. The van der Waals surface area contributed by atoms with Crippen LogP contribution in [0.1, 0.15) is 49.7 Å². The quantitative estimate of drug-likeness (QED) is 0.283. The summed E-state index contributed by atoms with van der Waals surface area (Å²) in [7, 11) is 3.80. The molecule has 2 aliphatic rings. The van der Waals surface area contributed by atoms with E-state index in [2.05, 4.69) is 52.7 Å². The van der Waals surface area contributed by atoms with Gasteiger partial charge >= 0.3 is 0 Å². The Morgan fingerprint density at radius 2 is 1.43 bits per heavy atom. The van der Waals surface area contributed by atoms with Crippen molar-refractivity contribution in [2.75, 3.05) is 0 Å². The maximum absolute atomic E-state index is 10.0. The zero-order chi connectivity index (χ0) is 28.6. The van der Waals surface area contributed by atoms with E-state index in [0.717, 1.165) is 82.8 Å². The van der Waals surface area contributed by atoms with E-state index in [9.17, 15) is 10.5 Å². The van der Waals surface area contributed by atoms with E-state index in [1.165, 1.54) is 0 Å². The summed E-state index contributed by atoms with van der Waals surface area (Å²) in [5.74, 6) is 1.38. The lowest BCUT2D eigenvalue weighted by atomic mass is 9.65. The maximum atomic E-state index is 10.0. The van der Waals surface area contributed by atoms with Crippen molar-refractivity contribution in [3.05, 3.63) is 72.1 Å². The normalized spacial score (nSPS) is 17.0. The van der Waals surface area contributed by atoms with Crippen LogP contribution in [0.4, 0.5) is 0 Å². The third-order valence-electron chi connectivity index (χ3n) is 9.44. The van der Waals surface area contributed by atoms with E-state index in [-0.39, 0.29) is 0 Å². The number of rotatable bonds is 5. The van der Waals surface area contributed by atoms with Gasteiger partial charge in [0, 0.05) is 43.2 Å². The first kappa shape index (κ1) is 24.6. The third-order valence-corrected chi connectivity index (χ3v) is 9.44. The molecular weight excluding hydrogens is 524 g/mol. The van der Waals surface area contributed by atoms with E-state index in [4.69, 9.17) is 10.2 Å². The Hall–Kier alpha value is -5.22. The van der Waals surface area contributed by atoms with E-state index in [1.54, 1.807) is 4.68 Å². The summed E-state index contributed by atoms with van der Waals surface area (Å²) in [5, 5.41) is 41.1. The molecule has 0 amide bonds. The summed E-state index contributed by atoms with van der Waals surface area (Å²) in [6.07, 6.45) is 9.40. The average molecular weight is 553 g/mol. The summed E-state index contributed by atoms with van der Waals surface area (Å²) < 4.78 is 7.29. The molecule has 0 bridgehead atoms. The number of fused-ring (bicyclic) bond motifs is 2. The number of aromatic nitrogens is 8. The SMILES string of the molecule is Cn1ccc(-n2nc(-c3cc(-n4ncc5ccc(C6(C#N)CCC6)cc54)nn3C)c3ccc(C4(C#N)CCC4)cc32)n1. The van der Waals surface area contributed by atoms with E-state index >= 15 is 0 Å². The van der Waals surface area contributed by atoms with Crippen molar-refractivity contribution in [2.45, 2.75) is 49.4 Å². The number of aryl methyl sites for hydroxylation is 2. The van der Waals surface area contributed by atoms with Crippen molar-refractivity contribution in [3.8, 4) is 35.2 Å². The summed E-state index contributed by atoms with van der Waals surface area (Å²) in [4.78, 5) is 0. The van der Waals surface area contributed by atoms with Crippen molar-refractivity contribution in [1.29, 1.82) is 10.5 Å². The molecule has 0 atom stereocenters. The summed E-state index contributed by atoms with van der Waals surface area (Å²) in [6.45, 7) is 0. The lowest BCUT2D eigenvalue weighted by Crippen LogP contribution is -2.32. The van der Waals surface area contributed by atoms with Crippen LogP contribution in [0.5, 0.6) is 0 Å². The first-order valence-corrected chi connectivity index (χ1v) is 14.3. The molecule has 2 fully saturated rings. The molecule has 4 heterocycles. The maximum Gasteiger partial charge on any atom is 0.176 e. The van der Waals surface area contributed by atoms with Gasteiger partial charge in [0.2, 0.25) is 0 Å². The Kier molecular flexibility index (Phi) is 5.05. The second-order valence-electron chi connectivity index (χ2n) is 11.8. The molecule has 6 aromatic rings. The Bertz CT molecular complexity index is 2110. The van der Waals surface area contributed by atoms with Crippen molar-refractivity contribution in [2.24, 2.45) is 14.1 Å². The average Bonchev–Trinajstić information content (AvgIpc) is 3.73. The molecule has 0 spiro atoms. The first-order valence-electron chi connectivity index (χ1n) is 14.3. The zero-order valence-corrected chi connectivity index (χ0v) is 23.5. The van der Waals surface area contributed by atoms with Gasteiger partial charge in [-0.3, -0.25) is 9.36 Å². The van der Waals surface area contributed by atoms with Crippen LogP contribution in [0.25, 0.3) is 44.8 Å². The Morgan fingerprint density at radius 3 is 2.05 bits per heavy atom. The predicted octanol–water partition coefficient (Wildman–Crippen LogP) is 5.39. The topological polar surface area (TPSA) is 119 Å². The van der Waals surface area contributed by atoms with Gasteiger partial charge in [-0.15, -0.1) is 0 Å². The predicted molar refractivity (Wildman–Crippen MR) is 157 cm³/mol. The van der Waals surface area contributed by atoms with Gasteiger partial charge in [0.15, 0.2) is 11.6 Å². The summed E-state index contributed by atoms with van der Waals surface area (Å²) >= 11 is 0. The molecule has 0 N–H and O–H groups in total. The van der Waals surface area contributed by atoms with Gasteiger partial charge in [0.25, 0.3) is 0 Å². The first-order chi connectivity index (χ1) is 20.4. The van der Waals surface area contributed by atoms with Gasteiger partial charge < -0.3 is 0 Å². The van der Waals surface area contributed by atoms with Crippen LogP contribution in [0, 0.1) is 22.7 Å². The lowest BCUT2D eigenvalue weighted by molar-refractivity contribution is 0.324. The standard InChI is InChI=1S/C32H28N10/c1-39-14-9-28(36-39)42-26-16-23(32(20-34)12-4-13-32)7-8-24(26)30(38-42)27-17-29(37-40(27)2)41-25-15-22(6-5-21(25)18-35-41)31(19-33)10-3-11-31/h5-9,14-18H,3-4,10-13H2,1-2H3. The van der Waals surface area contributed by atoms with E-state index < -0.39 is 10.8 Å². The second-order valence-corrected chi connectivity index (χ2v) is 11.8. The molecule has 0 aliphatic heterocycles. The molecule has 0 saturated heterocycles. The Labute approximate surface area is 242 Å². The summed E-state index contributed by atoms with van der Waals surface area (Å²) in [5.41, 5.74) is 4.67. The minimum absolute atomic E-state index is 0.405. The fourth-order valence-corrected chi connectivity index (χ4v) is 6.56. The molecule has 8 rings (SSSR count). The van der Waals surface area contributed by atoms with Crippen molar-refractivity contribution in [1.82, 2.24) is 39.1 Å². The van der Waals surface area contributed by atoms with E-state index in [0.29, 0.717) is 11.6 Å². The lowest BCUT2D eigenvalue weighted by Gasteiger charge is -2.35. The minimum atomic E-state index is -0.434. The highest BCUT2D eigenvalue weighted by Crippen LogP contribution is 2.45. The summed E-state index contributed by atoms with van der Waals surface area (Å²) in [6, 6.07) is 21.5. The van der Waals surface area contributed by atoms with Crippen LogP contribution in [-0.2, 0) is 24.9 Å². The molecular formula is C32H28N10. The Morgan fingerprint density at radius 1 is 0.738 bits per heavy atom. The number of nitrogens with zero attached hydrogens (tertiary/aromatic N) is 10. The highest BCUT2D eigenvalue weighted by Gasteiger charge is 2.40. The number of hydrogen-bond acceptors (Lipinski definition) is 6. The molecule has 10 heteroatoms. The third kappa shape index (κ3) is 3.35. The van der Waals surface area contributed by atoms with Gasteiger partial charge in [0.1, 0.15) is 5.69 Å². The number of nitriles is 2. The largest absolute Gasteiger partial charge is 0.274 e. The molecule has 2 aromatic carbocycles. The van der Waals surface area contributed by atoms with E-state index in [1.807, 2.05) is 58.7 Å². The van der Waals surface area contributed by atoms with Crippen LogP contribution in [-0.4, -0.2) is 39.1 Å². The highest BCUT2D eigenvalue weighted by atomic mass is 15.4. The number of hydrogen-bond donors (Lipinski definition) is 0. The van der Waals surface area contributed by atoms with Crippen LogP contribution < -0.4 is 0 Å². The second kappa shape index (κ2) is 8.64. The van der Waals surface area contributed by atoms with Gasteiger partial charge in [-0.25, -0.2) is 9.36 Å². The molecule has 2 saturated carbocycles. The monoisotopic (exact) mass is 552 g/mol. The molecule has 42 heavy (non-hydrogen) atoms. The molecule has 0 radical (unpaired) electrons. The van der Waals surface area contributed by atoms with Crippen molar-refractivity contribution < 1.29 is 0 Å². The van der Waals surface area contributed by atoms with Crippen LogP contribution >= 0.6 is 0 Å². The van der Waals surface area contributed by atoms with Crippen molar-refractivity contribution in [3.63, 3.8) is 0 Å². The fraction of sp³-hybridized carbons (Fsp3) is 0.312. The molecule has 206 valence electrons. The van der Waals surface area contributed by atoms with Crippen LogP contribution in [0.15, 0.2) is 60.9 Å². The van der Waals surface area contributed by atoms with Crippen LogP contribution in [0.3, 0.4) is 0 Å². The van der Waals surface area contributed by atoms with Crippen molar-refractivity contribution >= 4 is 21.8 Å². The highest BCUT2D eigenvalue weighted by molar-refractivity contribution is 5.94. The molecule has 4 aromatic heterocycles. The smallest absolute Gasteiger partial charge is 0.176 e. The zero-order valence-electron chi connectivity index (χ0n) is 23.5. The minimum Gasteiger partial charge on any atom is -0.274 e. The van der Waals surface area contributed by atoms with Gasteiger partial charge in [0.05, 0.1) is 45.9 Å². The fourth-order valence-electron chi connectivity index (χ4n) is 6.56. The van der Waals surface area contributed by atoms with Gasteiger partial charge in [-0.05, 0) is 61.8 Å². The van der Waals surface area contributed by atoms with Gasteiger partial charge in [-0.2, -0.15) is 30.9 Å². The molecule has 10 nitrogen and oxygen atoms in total. The van der Waals surface area contributed by atoms with Crippen LogP contribution in [0.2, 0.25) is 0 Å². The number of benzene rings is 2. The van der Waals surface area contributed by atoms with Gasteiger partial charge in [-0.1, -0.05) is 24.3 Å². The molecule has 2 aliphatic carbocycles.